The maximum Gasteiger partial charge on any atom is 0.126 e. The Morgan fingerprint density at radius 1 is 1.42 bits per heavy atom. The highest BCUT2D eigenvalue weighted by Crippen LogP contribution is 2.37. The minimum Gasteiger partial charge on any atom is -0.496 e. The third kappa shape index (κ3) is 2.94. The largest absolute Gasteiger partial charge is 0.496 e. The summed E-state index contributed by atoms with van der Waals surface area (Å²) in [6, 6.07) is 1.79. The molecule has 0 aliphatic carbocycles. The van der Waals surface area contributed by atoms with E-state index in [1.54, 1.807) is 7.11 Å². The molecule has 1 aliphatic rings. The molecule has 0 aromatic heterocycles. The minimum atomic E-state index is -0.258. The first-order valence-corrected chi connectivity index (χ1v) is 7.14. The Bertz CT molecular complexity index is 458. The van der Waals surface area contributed by atoms with Gasteiger partial charge in [0.2, 0.25) is 0 Å². The molecule has 2 unspecified atom stereocenters. The average Bonchev–Trinajstić information content (AvgIpc) is 2.42. The van der Waals surface area contributed by atoms with Gasteiger partial charge in [-0.2, -0.15) is 0 Å². The first kappa shape index (κ1) is 14.8. The summed E-state index contributed by atoms with van der Waals surface area (Å²) in [5.74, 6) is 0.836. The SMILES string of the molecule is COc1c(C)cc(Br)c(C)c1C(N)C1COCCO1. The fourth-order valence-electron chi connectivity index (χ4n) is 2.45. The summed E-state index contributed by atoms with van der Waals surface area (Å²) < 4.78 is 17.7. The molecule has 4 nitrogen and oxygen atoms in total. The van der Waals surface area contributed by atoms with Crippen LogP contribution in [0.5, 0.6) is 5.75 Å². The zero-order valence-electron chi connectivity index (χ0n) is 11.5. The van der Waals surface area contributed by atoms with Crippen LogP contribution >= 0.6 is 15.9 Å². The highest BCUT2D eigenvalue weighted by atomic mass is 79.9. The van der Waals surface area contributed by atoms with Gasteiger partial charge >= 0.3 is 0 Å². The summed E-state index contributed by atoms with van der Waals surface area (Å²) in [6.45, 7) is 5.79. The standard InChI is InChI=1S/C14H20BrNO3/c1-8-6-10(15)9(2)12(14(8)17-3)13(16)11-7-18-4-5-19-11/h6,11,13H,4-5,7,16H2,1-3H3. The van der Waals surface area contributed by atoms with E-state index in [4.69, 9.17) is 19.9 Å². The van der Waals surface area contributed by atoms with Crippen LogP contribution in [-0.2, 0) is 9.47 Å². The Hall–Kier alpha value is -0.620. The van der Waals surface area contributed by atoms with E-state index in [9.17, 15) is 0 Å². The van der Waals surface area contributed by atoms with Crippen molar-refractivity contribution in [2.75, 3.05) is 26.9 Å². The molecule has 1 aliphatic heterocycles. The predicted molar refractivity (Wildman–Crippen MR) is 77.7 cm³/mol. The summed E-state index contributed by atoms with van der Waals surface area (Å²) >= 11 is 3.57. The highest BCUT2D eigenvalue weighted by Gasteiger charge is 2.28. The second-order valence-electron chi connectivity index (χ2n) is 4.76. The number of ether oxygens (including phenoxy) is 3. The molecule has 1 saturated heterocycles. The fraction of sp³-hybridized carbons (Fsp3) is 0.571. The van der Waals surface area contributed by atoms with Crippen molar-refractivity contribution in [2.24, 2.45) is 5.73 Å². The van der Waals surface area contributed by atoms with Crippen LogP contribution in [0.4, 0.5) is 0 Å². The van der Waals surface area contributed by atoms with Crippen LogP contribution in [0.2, 0.25) is 0 Å². The molecule has 2 atom stereocenters. The van der Waals surface area contributed by atoms with Gasteiger partial charge in [-0.05, 0) is 31.0 Å². The van der Waals surface area contributed by atoms with E-state index in [0.717, 1.165) is 26.9 Å². The van der Waals surface area contributed by atoms with Gasteiger partial charge in [0, 0.05) is 10.0 Å². The van der Waals surface area contributed by atoms with E-state index < -0.39 is 0 Å². The zero-order chi connectivity index (χ0) is 14.0. The van der Waals surface area contributed by atoms with Gasteiger partial charge in [-0.3, -0.25) is 0 Å². The van der Waals surface area contributed by atoms with Crippen molar-refractivity contribution in [1.29, 1.82) is 0 Å². The van der Waals surface area contributed by atoms with Crippen molar-refractivity contribution in [3.63, 3.8) is 0 Å². The molecule has 0 amide bonds. The van der Waals surface area contributed by atoms with Crippen molar-refractivity contribution in [2.45, 2.75) is 26.0 Å². The molecular formula is C14H20BrNO3. The molecule has 0 spiro atoms. The monoisotopic (exact) mass is 329 g/mol. The minimum absolute atomic E-state index is 0.130. The molecule has 19 heavy (non-hydrogen) atoms. The van der Waals surface area contributed by atoms with E-state index in [-0.39, 0.29) is 12.1 Å². The van der Waals surface area contributed by atoms with Gasteiger partial charge in [-0.1, -0.05) is 15.9 Å². The van der Waals surface area contributed by atoms with Gasteiger partial charge in [-0.15, -0.1) is 0 Å². The summed E-state index contributed by atoms with van der Waals surface area (Å²) in [7, 11) is 1.67. The average molecular weight is 330 g/mol. The van der Waals surface area contributed by atoms with E-state index in [0.29, 0.717) is 19.8 Å². The molecular weight excluding hydrogens is 310 g/mol. The molecule has 106 valence electrons. The van der Waals surface area contributed by atoms with Crippen molar-refractivity contribution in [3.05, 3.63) is 27.2 Å². The number of hydrogen-bond donors (Lipinski definition) is 1. The molecule has 1 aromatic carbocycles. The molecule has 2 N–H and O–H groups in total. The molecule has 5 heteroatoms. The lowest BCUT2D eigenvalue weighted by Crippen LogP contribution is -2.38. The number of hydrogen-bond acceptors (Lipinski definition) is 4. The molecule has 1 aromatic rings. The van der Waals surface area contributed by atoms with Crippen LogP contribution in [0, 0.1) is 13.8 Å². The normalized spacial score (nSPS) is 21.2. The summed E-state index contributed by atoms with van der Waals surface area (Å²) in [6.07, 6.45) is -0.130. The number of halogens is 1. The van der Waals surface area contributed by atoms with Crippen LogP contribution in [0.1, 0.15) is 22.7 Å². The Morgan fingerprint density at radius 2 is 2.16 bits per heavy atom. The van der Waals surface area contributed by atoms with Gasteiger partial charge in [0.15, 0.2) is 0 Å². The second kappa shape index (κ2) is 6.22. The lowest BCUT2D eigenvalue weighted by atomic mass is 9.94. The number of aryl methyl sites for hydroxylation is 1. The lowest BCUT2D eigenvalue weighted by molar-refractivity contribution is -0.0978. The van der Waals surface area contributed by atoms with Gasteiger partial charge in [-0.25, -0.2) is 0 Å². The highest BCUT2D eigenvalue weighted by molar-refractivity contribution is 9.10. The summed E-state index contributed by atoms with van der Waals surface area (Å²) in [4.78, 5) is 0. The van der Waals surface area contributed by atoms with Crippen LogP contribution in [0.25, 0.3) is 0 Å². The van der Waals surface area contributed by atoms with Gasteiger partial charge in [0.25, 0.3) is 0 Å². The number of methoxy groups -OCH3 is 1. The number of nitrogens with two attached hydrogens (primary N) is 1. The first-order valence-electron chi connectivity index (χ1n) is 6.34. The fourth-order valence-corrected chi connectivity index (χ4v) is 3.00. The van der Waals surface area contributed by atoms with E-state index in [1.165, 1.54) is 0 Å². The van der Waals surface area contributed by atoms with Crippen LogP contribution in [0.15, 0.2) is 10.5 Å². The Morgan fingerprint density at radius 3 is 2.74 bits per heavy atom. The smallest absolute Gasteiger partial charge is 0.126 e. The topological polar surface area (TPSA) is 53.7 Å². The maximum absolute atomic E-state index is 6.38. The van der Waals surface area contributed by atoms with Crippen molar-refractivity contribution in [3.8, 4) is 5.75 Å². The van der Waals surface area contributed by atoms with Crippen LogP contribution in [-0.4, -0.2) is 33.0 Å². The van der Waals surface area contributed by atoms with Gasteiger partial charge in [0.1, 0.15) is 11.9 Å². The molecule has 0 radical (unpaired) electrons. The Labute approximate surface area is 122 Å². The van der Waals surface area contributed by atoms with Crippen molar-refractivity contribution >= 4 is 15.9 Å². The third-order valence-corrected chi connectivity index (χ3v) is 4.31. The molecule has 1 fully saturated rings. The van der Waals surface area contributed by atoms with Crippen molar-refractivity contribution in [1.82, 2.24) is 0 Å². The summed E-state index contributed by atoms with van der Waals surface area (Å²) in [5, 5.41) is 0. The van der Waals surface area contributed by atoms with E-state index >= 15 is 0 Å². The molecule has 1 heterocycles. The third-order valence-electron chi connectivity index (χ3n) is 3.49. The Kier molecular flexibility index (Phi) is 4.84. The summed E-state index contributed by atoms with van der Waals surface area (Å²) in [5.41, 5.74) is 9.51. The quantitative estimate of drug-likeness (QED) is 0.925. The molecule has 2 rings (SSSR count). The van der Waals surface area contributed by atoms with Crippen LogP contribution in [0.3, 0.4) is 0 Å². The number of benzene rings is 1. The number of rotatable bonds is 3. The van der Waals surface area contributed by atoms with Crippen molar-refractivity contribution < 1.29 is 14.2 Å². The van der Waals surface area contributed by atoms with Gasteiger partial charge < -0.3 is 19.9 Å². The van der Waals surface area contributed by atoms with Gasteiger partial charge in [0.05, 0.1) is 33.0 Å². The molecule has 0 bridgehead atoms. The Balaban J connectivity index is 2.41. The lowest BCUT2D eigenvalue weighted by Gasteiger charge is -2.30. The molecule has 0 saturated carbocycles. The second-order valence-corrected chi connectivity index (χ2v) is 5.61. The maximum atomic E-state index is 6.38. The zero-order valence-corrected chi connectivity index (χ0v) is 13.1. The van der Waals surface area contributed by atoms with E-state index in [1.807, 2.05) is 19.9 Å². The van der Waals surface area contributed by atoms with Crippen LogP contribution < -0.4 is 10.5 Å². The van der Waals surface area contributed by atoms with E-state index in [2.05, 4.69) is 15.9 Å². The predicted octanol–water partition coefficient (Wildman–Crippen LogP) is 2.49. The first-order chi connectivity index (χ1) is 9.06.